The third-order valence-electron chi connectivity index (χ3n) is 1.99. The minimum Gasteiger partial charge on any atom is -0.299 e. The molecule has 0 aromatic heterocycles. The summed E-state index contributed by atoms with van der Waals surface area (Å²) in [5, 5.41) is -0.107. The van der Waals surface area contributed by atoms with E-state index < -0.39 is 5.82 Å². The summed E-state index contributed by atoms with van der Waals surface area (Å²) in [5.74, 6) is -1.04. The Kier molecular flexibility index (Phi) is 3.97. The number of Topliss-reactive ketones (excluding diaryl/α,β-unsaturated/α-hetero) is 2. The fourth-order valence-corrected chi connectivity index (χ4v) is 1.26. The van der Waals surface area contributed by atoms with Crippen LogP contribution in [0.2, 0.25) is 5.02 Å². The molecule has 0 N–H and O–H groups in total. The molecule has 0 radical (unpaired) electrons. The number of halogens is 2. The van der Waals surface area contributed by atoms with Crippen LogP contribution in [0.5, 0.6) is 0 Å². The highest BCUT2D eigenvalue weighted by Crippen LogP contribution is 2.17. The van der Waals surface area contributed by atoms with Crippen molar-refractivity contribution < 1.29 is 14.0 Å². The lowest BCUT2D eigenvalue weighted by atomic mass is 10.1. The molecule has 0 amide bonds. The van der Waals surface area contributed by atoms with Crippen LogP contribution in [0, 0.1) is 5.82 Å². The van der Waals surface area contributed by atoms with Gasteiger partial charge >= 0.3 is 0 Å². The minimum atomic E-state index is -0.574. The summed E-state index contributed by atoms with van der Waals surface area (Å²) in [7, 11) is 0. The highest BCUT2D eigenvalue weighted by molar-refractivity contribution is 6.31. The van der Waals surface area contributed by atoms with Crippen LogP contribution in [-0.2, 0) is 4.79 Å². The highest BCUT2D eigenvalue weighted by atomic mass is 35.5. The number of ketones is 2. The molecule has 1 rings (SSSR count). The fourth-order valence-electron chi connectivity index (χ4n) is 1.08. The largest absolute Gasteiger partial charge is 0.299 e. The minimum absolute atomic E-state index is 0.107. The third-order valence-corrected chi connectivity index (χ3v) is 2.28. The highest BCUT2D eigenvalue weighted by Gasteiger charge is 2.11. The Hall–Kier alpha value is -1.22. The van der Waals surface area contributed by atoms with Gasteiger partial charge in [-0.05, 0) is 18.2 Å². The van der Waals surface area contributed by atoms with Gasteiger partial charge in [0.1, 0.15) is 11.6 Å². The third kappa shape index (κ3) is 3.13. The first-order valence-electron chi connectivity index (χ1n) is 4.54. The number of carbonyl (C=O) groups is 2. The van der Waals surface area contributed by atoms with E-state index in [9.17, 15) is 14.0 Å². The number of hydrogen-bond donors (Lipinski definition) is 0. The van der Waals surface area contributed by atoms with Crippen molar-refractivity contribution in [2.45, 2.75) is 19.8 Å². The molecule has 15 heavy (non-hydrogen) atoms. The molecule has 0 saturated heterocycles. The summed E-state index contributed by atoms with van der Waals surface area (Å²) in [6, 6.07) is 3.68. The summed E-state index contributed by atoms with van der Waals surface area (Å²) >= 11 is 5.52. The monoisotopic (exact) mass is 228 g/mol. The van der Waals surface area contributed by atoms with E-state index in [0.717, 1.165) is 6.07 Å². The number of carbonyl (C=O) groups excluding carboxylic acids is 2. The molecule has 0 bridgehead atoms. The second kappa shape index (κ2) is 5.03. The molecule has 0 spiro atoms. The zero-order valence-electron chi connectivity index (χ0n) is 8.22. The molecule has 0 heterocycles. The summed E-state index contributed by atoms with van der Waals surface area (Å²) in [6.45, 7) is 1.69. The van der Waals surface area contributed by atoms with Crippen molar-refractivity contribution in [3.8, 4) is 0 Å². The van der Waals surface area contributed by atoms with Gasteiger partial charge in [0.25, 0.3) is 0 Å². The number of hydrogen-bond acceptors (Lipinski definition) is 2. The van der Waals surface area contributed by atoms with Crippen LogP contribution in [0.15, 0.2) is 18.2 Å². The van der Waals surface area contributed by atoms with E-state index in [0.29, 0.717) is 6.42 Å². The molecule has 0 saturated carbocycles. The molecule has 0 aliphatic heterocycles. The number of benzene rings is 1. The van der Waals surface area contributed by atoms with Gasteiger partial charge in [-0.2, -0.15) is 0 Å². The van der Waals surface area contributed by atoms with Gasteiger partial charge in [-0.3, -0.25) is 9.59 Å². The van der Waals surface area contributed by atoms with Crippen LogP contribution in [0.4, 0.5) is 4.39 Å². The van der Waals surface area contributed by atoms with Crippen molar-refractivity contribution in [3.63, 3.8) is 0 Å². The van der Waals surface area contributed by atoms with E-state index in [4.69, 9.17) is 11.6 Å². The van der Waals surface area contributed by atoms with E-state index in [1.165, 1.54) is 12.1 Å². The van der Waals surface area contributed by atoms with Crippen molar-refractivity contribution >= 4 is 23.2 Å². The molecule has 1 aromatic carbocycles. The van der Waals surface area contributed by atoms with Gasteiger partial charge in [0.2, 0.25) is 0 Å². The van der Waals surface area contributed by atoms with Gasteiger partial charge in [-0.1, -0.05) is 18.5 Å². The van der Waals surface area contributed by atoms with E-state index in [1.54, 1.807) is 6.92 Å². The van der Waals surface area contributed by atoms with Crippen LogP contribution in [-0.4, -0.2) is 11.6 Å². The van der Waals surface area contributed by atoms with Crippen molar-refractivity contribution in [1.82, 2.24) is 0 Å². The Morgan fingerprint density at radius 1 is 1.40 bits per heavy atom. The maximum atomic E-state index is 12.8. The first-order chi connectivity index (χ1) is 7.04. The Morgan fingerprint density at radius 3 is 2.60 bits per heavy atom. The molecule has 0 aliphatic rings. The molecule has 80 valence electrons. The van der Waals surface area contributed by atoms with E-state index >= 15 is 0 Å². The van der Waals surface area contributed by atoms with Gasteiger partial charge in [0.05, 0.1) is 11.4 Å². The number of rotatable bonds is 4. The van der Waals surface area contributed by atoms with Crippen LogP contribution in [0.25, 0.3) is 0 Å². The topological polar surface area (TPSA) is 34.1 Å². The van der Waals surface area contributed by atoms with Gasteiger partial charge < -0.3 is 0 Å². The lowest BCUT2D eigenvalue weighted by Gasteiger charge is -2.00. The molecular formula is C11H10ClFO2. The first-order valence-corrected chi connectivity index (χ1v) is 4.92. The predicted molar refractivity (Wildman–Crippen MR) is 55.7 cm³/mol. The lowest BCUT2D eigenvalue weighted by Crippen LogP contribution is -2.07. The second-order valence-corrected chi connectivity index (χ2v) is 3.53. The average Bonchev–Trinajstić information content (AvgIpc) is 2.21. The SMILES string of the molecule is CCC(=O)CC(=O)c1ccc(F)c(Cl)c1. The van der Waals surface area contributed by atoms with Crippen molar-refractivity contribution in [3.05, 3.63) is 34.6 Å². The molecule has 0 atom stereocenters. The lowest BCUT2D eigenvalue weighted by molar-refractivity contribution is -0.117. The summed E-state index contributed by atoms with van der Waals surface area (Å²) in [4.78, 5) is 22.5. The second-order valence-electron chi connectivity index (χ2n) is 3.12. The van der Waals surface area contributed by atoms with Crippen LogP contribution < -0.4 is 0 Å². The van der Waals surface area contributed by atoms with Crippen molar-refractivity contribution in [2.75, 3.05) is 0 Å². The Bertz CT molecular complexity index is 402. The normalized spacial score (nSPS) is 10.1. The Labute approximate surface area is 92.0 Å². The Morgan fingerprint density at radius 2 is 2.07 bits per heavy atom. The van der Waals surface area contributed by atoms with E-state index in [-0.39, 0.29) is 28.6 Å². The molecule has 0 unspecified atom stereocenters. The molecule has 1 aromatic rings. The molecule has 0 aliphatic carbocycles. The van der Waals surface area contributed by atoms with Crippen molar-refractivity contribution in [1.29, 1.82) is 0 Å². The molecule has 4 heteroatoms. The summed E-state index contributed by atoms with van der Waals surface area (Å²) in [5.41, 5.74) is 0.267. The maximum Gasteiger partial charge on any atom is 0.170 e. The van der Waals surface area contributed by atoms with Gasteiger partial charge in [0.15, 0.2) is 5.78 Å². The zero-order chi connectivity index (χ0) is 11.4. The fraction of sp³-hybridized carbons (Fsp3) is 0.273. The predicted octanol–water partition coefficient (Wildman–Crippen LogP) is 3.03. The first kappa shape index (κ1) is 11.9. The van der Waals surface area contributed by atoms with Gasteiger partial charge in [-0.15, -0.1) is 0 Å². The van der Waals surface area contributed by atoms with E-state index in [2.05, 4.69) is 0 Å². The van der Waals surface area contributed by atoms with Crippen LogP contribution in [0.1, 0.15) is 30.1 Å². The quantitative estimate of drug-likeness (QED) is 0.586. The maximum absolute atomic E-state index is 12.8. The molecule has 2 nitrogen and oxygen atoms in total. The van der Waals surface area contributed by atoms with Crippen molar-refractivity contribution in [2.24, 2.45) is 0 Å². The molecule has 0 fully saturated rings. The van der Waals surface area contributed by atoms with E-state index in [1.807, 2.05) is 0 Å². The summed E-state index contributed by atoms with van der Waals surface area (Å²) in [6.07, 6.45) is 0.166. The van der Waals surface area contributed by atoms with Crippen LogP contribution in [0.3, 0.4) is 0 Å². The standard InChI is InChI=1S/C11H10ClFO2/c1-2-8(14)6-11(15)7-3-4-10(13)9(12)5-7/h3-5H,2,6H2,1H3. The smallest absolute Gasteiger partial charge is 0.170 e. The molecular weight excluding hydrogens is 219 g/mol. The van der Waals surface area contributed by atoms with Gasteiger partial charge in [-0.25, -0.2) is 4.39 Å². The average molecular weight is 229 g/mol. The van der Waals surface area contributed by atoms with Crippen LogP contribution >= 0.6 is 11.6 Å². The summed E-state index contributed by atoms with van der Waals surface area (Å²) < 4.78 is 12.8. The van der Waals surface area contributed by atoms with Gasteiger partial charge in [0, 0.05) is 12.0 Å². The zero-order valence-corrected chi connectivity index (χ0v) is 8.97. The Balaban J connectivity index is 2.83.